The minimum Gasteiger partial charge on any atom is -0.423 e. The van der Waals surface area contributed by atoms with Crippen molar-refractivity contribution in [3.05, 3.63) is 69.0 Å². The molecular formula is C16H11BrO2. The standard InChI is InChI=1S/C16H11BrO2/c1-10-2-7-15-14(8-10)13(9-16(18)19-15)11-3-5-12(17)6-4-11/h2-9H,1H3. The van der Waals surface area contributed by atoms with Crippen LogP contribution in [0.15, 0.2) is 62.2 Å². The molecule has 0 N–H and O–H groups in total. The van der Waals surface area contributed by atoms with Gasteiger partial charge >= 0.3 is 5.63 Å². The predicted molar refractivity (Wildman–Crippen MR) is 80.4 cm³/mol. The second kappa shape index (κ2) is 4.67. The van der Waals surface area contributed by atoms with Gasteiger partial charge in [0.05, 0.1) is 0 Å². The predicted octanol–water partition coefficient (Wildman–Crippen LogP) is 4.53. The first-order chi connectivity index (χ1) is 9.13. The van der Waals surface area contributed by atoms with Gasteiger partial charge in [-0.15, -0.1) is 0 Å². The van der Waals surface area contributed by atoms with E-state index in [4.69, 9.17) is 4.42 Å². The molecule has 0 bridgehead atoms. The van der Waals surface area contributed by atoms with E-state index in [-0.39, 0.29) is 5.63 Å². The summed E-state index contributed by atoms with van der Waals surface area (Å²) < 4.78 is 6.25. The maximum absolute atomic E-state index is 11.7. The van der Waals surface area contributed by atoms with Crippen LogP contribution in [0.4, 0.5) is 0 Å². The van der Waals surface area contributed by atoms with Crippen LogP contribution in [0.3, 0.4) is 0 Å². The molecule has 0 unspecified atom stereocenters. The van der Waals surface area contributed by atoms with Crippen LogP contribution < -0.4 is 5.63 Å². The van der Waals surface area contributed by atoms with Crippen molar-refractivity contribution in [2.75, 3.05) is 0 Å². The van der Waals surface area contributed by atoms with Crippen molar-refractivity contribution in [3.63, 3.8) is 0 Å². The molecule has 0 radical (unpaired) electrons. The lowest BCUT2D eigenvalue weighted by molar-refractivity contribution is 0.561. The van der Waals surface area contributed by atoms with Crippen LogP contribution in [0.1, 0.15) is 5.56 Å². The van der Waals surface area contributed by atoms with Crippen LogP contribution in [0.25, 0.3) is 22.1 Å². The Hall–Kier alpha value is -1.87. The second-order valence-electron chi connectivity index (χ2n) is 4.49. The van der Waals surface area contributed by atoms with Crippen LogP contribution >= 0.6 is 15.9 Å². The first kappa shape index (κ1) is 12.2. The summed E-state index contributed by atoms with van der Waals surface area (Å²) in [7, 11) is 0. The molecular weight excluding hydrogens is 304 g/mol. The van der Waals surface area contributed by atoms with Gasteiger partial charge in [-0.05, 0) is 42.3 Å². The number of benzene rings is 2. The molecule has 0 fully saturated rings. The summed E-state index contributed by atoms with van der Waals surface area (Å²) in [5.41, 5.74) is 3.35. The van der Waals surface area contributed by atoms with Crippen molar-refractivity contribution in [2.45, 2.75) is 6.92 Å². The molecule has 1 aromatic heterocycles. The molecule has 0 aliphatic heterocycles. The quantitative estimate of drug-likeness (QED) is 0.618. The minimum atomic E-state index is -0.325. The van der Waals surface area contributed by atoms with Gasteiger partial charge in [0.2, 0.25) is 0 Å². The summed E-state index contributed by atoms with van der Waals surface area (Å²) in [6, 6.07) is 15.3. The highest BCUT2D eigenvalue weighted by molar-refractivity contribution is 9.10. The van der Waals surface area contributed by atoms with Crippen LogP contribution in [0.2, 0.25) is 0 Å². The summed E-state index contributed by atoms with van der Waals surface area (Å²) in [5, 5.41) is 0.960. The van der Waals surface area contributed by atoms with Crippen LogP contribution in [0, 0.1) is 6.92 Å². The fraction of sp³-hybridized carbons (Fsp3) is 0.0625. The number of rotatable bonds is 1. The van der Waals surface area contributed by atoms with Crippen molar-refractivity contribution >= 4 is 26.9 Å². The average Bonchev–Trinajstić information content (AvgIpc) is 2.39. The SMILES string of the molecule is Cc1ccc2oc(=O)cc(-c3ccc(Br)cc3)c2c1. The van der Waals surface area contributed by atoms with E-state index in [1.807, 2.05) is 49.4 Å². The molecule has 3 rings (SSSR count). The number of halogens is 1. The number of aryl methyl sites for hydroxylation is 1. The molecule has 0 aliphatic rings. The Bertz CT molecular complexity index is 801. The van der Waals surface area contributed by atoms with E-state index in [2.05, 4.69) is 15.9 Å². The van der Waals surface area contributed by atoms with E-state index in [1.54, 1.807) is 6.07 Å². The van der Waals surface area contributed by atoms with Gasteiger partial charge in [0.1, 0.15) is 5.58 Å². The summed E-state index contributed by atoms with van der Waals surface area (Å²) in [5.74, 6) is 0. The zero-order chi connectivity index (χ0) is 13.4. The van der Waals surface area contributed by atoms with Crippen LogP contribution in [-0.4, -0.2) is 0 Å². The van der Waals surface area contributed by atoms with Gasteiger partial charge in [-0.1, -0.05) is 39.7 Å². The highest BCUT2D eigenvalue weighted by atomic mass is 79.9. The van der Waals surface area contributed by atoms with Gasteiger partial charge < -0.3 is 4.42 Å². The third-order valence-corrected chi connectivity index (χ3v) is 3.58. The molecule has 0 saturated heterocycles. The minimum absolute atomic E-state index is 0.325. The summed E-state index contributed by atoms with van der Waals surface area (Å²) in [6.07, 6.45) is 0. The van der Waals surface area contributed by atoms with Gasteiger partial charge in [0, 0.05) is 15.9 Å². The first-order valence-electron chi connectivity index (χ1n) is 5.94. The number of hydrogen-bond acceptors (Lipinski definition) is 2. The molecule has 0 aliphatic carbocycles. The van der Waals surface area contributed by atoms with Gasteiger partial charge in [-0.25, -0.2) is 4.79 Å². The summed E-state index contributed by atoms with van der Waals surface area (Å²) >= 11 is 3.41. The Morgan fingerprint density at radius 2 is 1.74 bits per heavy atom. The fourth-order valence-electron chi connectivity index (χ4n) is 2.15. The second-order valence-corrected chi connectivity index (χ2v) is 5.40. The van der Waals surface area contributed by atoms with E-state index in [9.17, 15) is 4.79 Å². The van der Waals surface area contributed by atoms with Crippen molar-refractivity contribution in [3.8, 4) is 11.1 Å². The highest BCUT2D eigenvalue weighted by Gasteiger charge is 2.07. The first-order valence-corrected chi connectivity index (χ1v) is 6.73. The molecule has 0 saturated carbocycles. The van der Waals surface area contributed by atoms with E-state index in [1.165, 1.54) is 0 Å². The monoisotopic (exact) mass is 314 g/mol. The van der Waals surface area contributed by atoms with E-state index in [0.717, 1.165) is 26.5 Å². The zero-order valence-corrected chi connectivity index (χ0v) is 11.9. The van der Waals surface area contributed by atoms with E-state index in [0.29, 0.717) is 5.58 Å². The molecule has 3 heteroatoms. The Morgan fingerprint density at radius 3 is 2.47 bits per heavy atom. The average molecular weight is 315 g/mol. The van der Waals surface area contributed by atoms with Crippen molar-refractivity contribution in [1.82, 2.24) is 0 Å². The van der Waals surface area contributed by atoms with Gasteiger partial charge in [-0.2, -0.15) is 0 Å². The Labute approximate surface area is 118 Å². The number of hydrogen-bond donors (Lipinski definition) is 0. The maximum Gasteiger partial charge on any atom is 0.336 e. The lowest BCUT2D eigenvalue weighted by atomic mass is 10.0. The smallest absolute Gasteiger partial charge is 0.336 e. The van der Waals surface area contributed by atoms with Crippen molar-refractivity contribution < 1.29 is 4.42 Å². The lowest BCUT2D eigenvalue weighted by Crippen LogP contribution is -1.98. The molecule has 0 amide bonds. The largest absolute Gasteiger partial charge is 0.423 e. The molecule has 3 aromatic rings. The van der Waals surface area contributed by atoms with E-state index >= 15 is 0 Å². The van der Waals surface area contributed by atoms with Crippen LogP contribution in [0.5, 0.6) is 0 Å². The van der Waals surface area contributed by atoms with Gasteiger partial charge in [0.25, 0.3) is 0 Å². The van der Waals surface area contributed by atoms with E-state index < -0.39 is 0 Å². The number of fused-ring (bicyclic) bond motifs is 1. The maximum atomic E-state index is 11.7. The third-order valence-electron chi connectivity index (χ3n) is 3.05. The highest BCUT2D eigenvalue weighted by Crippen LogP contribution is 2.28. The summed E-state index contributed by atoms with van der Waals surface area (Å²) in [4.78, 5) is 11.7. The van der Waals surface area contributed by atoms with Crippen molar-refractivity contribution in [2.24, 2.45) is 0 Å². The van der Waals surface area contributed by atoms with Gasteiger partial charge in [0.15, 0.2) is 0 Å². The molecule has 94 valence electrons. The third kappa shape index (κ3) is 2.34. The zero-order valence-electron chi connectivity index (χ0n) is 10.3. The molecule has 0 spiro atoms. The normalized spacial score (nSPS) is 10.8. The summed E-state index contributed by atoms with van der Waals surface area (Å²) in [6.45, 7) is 2.02. The van der Waals surface area contributed by atoms with Crippen LogP contribution in [-0.2, 0) is 0 Å². The Kier molecular flexibility index (Phi) is 2.99. The van der Waals surface area contributed by atoms with Gasteiger partial charge in [-0.3, -0.25) is 0 Å². The Balaban J connectivity index is 2.35. The topological polar surface area (TPSA) is 30.2 Å². The molecule has 2 nitrogen and oxygen atoms in total. The Morgan fingerprint density at radius 1 is 1.00 bits per heavy atom. The molecule has 2 aromatic carbocycles. The fourth-order valence-corrected chi connectivity index (χ4v) is 2.41. The molecule has 1 heterocycles. The molecule has 0 atom stereocenters. The molecule has 19 heavy (non-hydrogen) atoms. The van der Waals surface area contributed by atoms with Crippen molar-refractivity contribution in [1.29, 1.82) is 0 Å². The lowest BCUT2D eigenvalue weighted by Gasteiger charge is -2.06.